The fraction of sp³-hybridized carbons (Fsp3) is 0.533. The van der Waals surface area contributed by atoms with Crippen LogP contribution in [0.15, 0.2) is 24.3 Å². The summed E-state index contributed by atoms with van der Waals surface area (Å²) in [4.78, 5) is 13.5. The lowest BCUT2D eigenvalue weighted by Crippen LogP contribution is -2.43. The van der Waals surface area contributed by atoms with Crippen LogP contribution in [0.3, 0.4) is 0 Å². The van der Waals surface area contributed by atoms with Crippen molar-refractivity contribution in [3.05, 3.63) is 35.4 Å². The fourth-order valence-corrected chi connectivity index (χ4v) is 2.83. The lowest BCUT2D eigenvalue weighted by molar-refractivity contribution is 0.00428. The van der Waals surface area contributed by atoms with Gasteiger partial charge in [0.1, 0.15) is 5.60 Å². The van der Waals surface area contributed by atoms with Gasteiger partial charge in [0.2, 0.25) is 0 Å². The van der Waals surface area contributed by atoms with E-state index in [1.807, 2.05) is 38.1 Å². The van der Waals surface area contributed by atoms with Crippen molar-refractivity contribution in [2.45, 2.75) is 38.8 Å². The van der Waals surface area contributed by atoms with Crippen LogP contribution in [-0.2, 0) is 10.3 Å². The first kappa shape index (κ1) is 13.9. The summed E-state index contributed by atoms with van der Waals surface area (Å²) in [5.74, 6) is 0. The molecule has 1 aliphatic rings. The monoisotopic (exact) mass is 263 g/mol. The number of ether oxygens (including phenoxy) is 1. The standard InChI is InChI=1S/C15H21NO3/c1-4-19-14(17)16-10-9-15(18,12(16)3)13-8-6-5-7-11(13)2/h5-8,12,18H,4,9-10H2,1-3H3. The van der Waals surface area contributed by atoms with Gasteiger partial charge < -0.3 is 14.7 Å². The zero-order valence-electron chi connectivity index (χ0n) is 11.7. The second kappa shape index (κ2) is 5.21. The average molecular weight is 263 g/mol. The summed E-state index contributed by atoms with van der Waals surface area (Å²) in [7, 11) is 0. The Labute approximate surface area is 114 Å². The minimum Gasteiger partial charge on any atom is -0.450 e. The average Bonchev–Trinajstić information content (AvgIpc) is 2.68. The van der Waals surface area contributed by atoms with Gasteiger partial charge in [-0.25, -0.2) is 4.79 Å². The molecule has 0 aliphatic carbocycles. The summed E-state index contributed by atoms with van der Waals surface area (Å²) in [5.41, 5.74) is 0.954. The Bertz CT molecular complexity index is 474. The number of hydrogen-bond donors (Lipinski definition) is 1. The molecule has 1 heterocycles. The van der Waals surface area contributed by atoms with Gasteiger partial charge in [-0.05, 0) is 31.9 Å². The predicted octanol–water partition coefficient (Wildman–Crippen LogP) is 2.43. The molecule has 0 radical (unpaired) electrons. The highest BCUT2D eigenvalue weighted by Gasteiger charge is 2.47. The number of hydrogen-bond acceptors (Lipinski definition) is 3. The van der Waals surface area contributed by atoms with Crippen molar-refractivity contribution < 1.29 is 14.6 Å². The molecule has 1 amide bonds. The lowest BCUT2D eigenvalue weighted by atomic mass is 9.85. The summed E-state index contributed by atoms with van der Waals surface area (Å²) in [6.07, 6.45) is 0.192. The molecule has 0 aromatic heterocycles. The molecule has 1 N–H and O–H groups in total. The largest absolute Gasteiger partial charge is 0.450 e. The van der Waals surface area contributed by atoms with Crippen molar-refractivity contribution >= 4 is 6.09 Å². The molecule has 2 unspecified atom stereocenters. The molecule has 1 aliphatic heterocycles. The summed E-state index contributed by atoms with van der Waals surface area (Å²) < 4.78 is 5.03. The Morgan fingerprint density at radius 3 is 2.84 bits per heavy atom. The molecule has 1 aromatic rings. The molecule has 1 saturated heterocycles. The second-order valence-corrected chi connectivity index (χ2v) is 5.06. The van der Waals surface area contributed by atoms with Gasteiger partial charge >= 0.3 is 6.09 Å². The van der Waals surface area contributed by atoms with Gasteiger partial charge in [0, 0.05) is 13.0 Å². The molecule has 0 bridgehead atoms. The first-order valence-electron chi connectivity index (χ1n) is 6.72. The molecule has 0 saturated carbocycles. The van der Waals surface area contributed by atoms with Crippen molar-refractivity contribution in [2.24, 2.45) is 0 Å². The van der Waals surface area contributed by atoms with Crippen molar-refractivity contribution in [1.29, 1.82) is 0 Å². The number of rotatable bonds is 2. The van der Waals surface area contributed by atoms with Gasteiger partial charge in [-0.15, -0.1) is 0 Å². The third-order valence-corrected chi connectivity index (χ3v) is 4.01. The fourth-order valence-electron chi connectivity index (χ4n) is 2.83. The summed E-state index contributed by atoms with van der Waals surface area (Å²) in [6.45, 7) is 6.51. The molecule has 1 fully saturated rings. The number of aliphatic hydroxyl groups is 1. The zero-order valence-corrected chi connectivity index (χ0v) is 11.7. The van der Waals surface area contributed by atoms with Crippen molar-refractivity contribution in [2.75, 3.05) is 13.2 Å². The summed E-state index contributed by atoms with van der Waals surface area (Å²) in [6, 6.07) is 7.49. The molecule has 104 valence electrons. The van der Waals surface area contributed by atoms with Crippen LogP contribution in [0.25, 0.3) is 0 Å². The highest BCUT2D eigenvalue weighted by atomic mass is 16.6. The summed E-state index contributed by atoms with van der Waals surface area (Å²) in [5, 5.41) is 11.0. The van der Waals surface area contributed by atoms with Crippen LogP contribution in [0.1, 0.15) is 31.4 Å². The molecular formula is C15H21NO3. The van der Waals surface area contributed by atoms with Crippen LogP contribution < -0.4 is 0 Å². The first-order valence-corrected chi connectivity index (χ1v) is 6.72. The Kier molecular flexibility index (Phi) is 3.80. The van der Waals surface area contributed by atoms with E-state index in [2.05, 4.69) is 0 Å². The summed E-state index contributed by atoms with van der Waals surface area (Å²) >= 11 is 0. The maximum Gasteiger partial charge on any atom is 0.410 e. The van der Waals surface area contributed by atoms with Gasteiger partial charge in [-0.2, -0.15) is 0 Å². The number of carbonyl (C=O) groups is 1. The smallest absolute Gasteiger partial charge is 0.410 e. The van der Waals surface area contributed by atoms with E-state index in [0.29, 0.717) is 19.6 Å². The molecule has 2 atom stereocenters. The Morgan fingerprint density at radius 2 is 2.21 bits per heavy atom. The van der Waals surface area contributed by atoms with E-state index in [4.69, 9.17) is 4.74 Å². The Hall–Kier alpha value is -1.55. The van der Waals surface area contributed by atoms with Crippen LogP contribution in [-0.4, -0.2) is 35.3 Å². The lowest BCUT2D eigenvalue weighted by Gasteiger charge is -2.32. The van der Waals surface area contributed by atoms with E-state index in [1.54, 1.807) is 11.8 Å². The molecular weight excluding hydrogens is 242 g/mol. The number of amides is 1. The van der Waals surface area contributed by atoms with Crippen LogP contribution >= 0.6 is 0 Å². The van der Waals surface area contributed by atoms with Gasteiger partial charge in [0.05, 0.1) is 12.6 Å². The van der Waals surface area contributed by atoms with E-state index in [-0.39, 0.29) is 12.1 Å². The zero-order chi connectivity index (χ0) is 14.0. The molecule has 4 nitrogen and oxygen atoms in total. The van der Waals surface area contributed by atoms with E-state index in [1.165, 1.54) is 0 Å². The highest BCUT2D eigenvalue weighted by molar-refractivity contribution is 5.69. The van der Waals surface area contributed by atoms with Crippen LogP contribution in [0.4, 0.5) is 4.79 Å². The number of likely N-dealkylation sites (tertiary alicyclic amines) is 1. The van der Waals surface area contributed by atoms with Crippen molar-refractivity contribution in [3.8, 4) is 0 Å². The van der Waals surface area contributed by atoms with Crippen molar-refractivity contribution in [3.63, 3.8) is 0 Å². The minimum atomic E-state index is -0.988. The molecule has 1 aromatic carbocycles. The van der Waals surface area contributed by atoms with Gasteiger partial charge in [0.25, 0.3) is 0 Å². The Morgan fingerprint density at radius 1 is 1.53 bits per heavy atom. The molecule has 0 spiro atoms. The van der Waals surface area contributed by atoms with Gasteiger partial charge in [-0.1, -0.05) is 24.3 Å². The quantitative estimate of drug-likeness (QED) is 0.891. The maximum atomic E-state index is 11.9. The van der Waals surface area contributed by atoms with Crippen molar-refractivity contribution in [1.82, 2.24) is 4.90 Å². The highest BCUT2D eigenvalue weighted by Crippen LogP contribution is 2.39. The van der Waals surface area contributed by atoms with E-state index in [9.17, 15) is 9.90 Å². The number of aryl methyl sites for hydroxylation is 1. The molecule has 4 heteroatoms. The molecule has 19 heavy (non-hydrogen) atoms. The van der Waals surface area contributed by atoms with Gasteiger partial charge in [-0.3, -0.25) is 0 Å². The Balaban J connectivity index is 2.27. The SMILES string of the molecule is CCOC(=O)N1CCC(O)(c2ccccc2C)C1C. The van der Waals surface area contributed by atoms with E-state index in [0.717, 1.165) is 11.1 Å². The topological polar surface area (TPSA) is 49.8 Å². The third-order valence-electron chi connectivity index (χ3n) is 4.01. The normalized spacial score (nSPS) is 26.5. The predicted molar refractivity (Wildman–Crippen MR) is 72.9 cm³/mol. The van der Waals surface area contributed by atoms with Gasteiger partial charge in [0.15, 0.2) is 0 Å². The number of benzene rings is 1. The van der Waals surface area contributed by atoms with Crippen LogP contribution in [0.5, 0.6) is 0 Å². The minimum absolute atomic E-state index is 0.285. The van der Waals surface area contributed by atoms with E-state index >= 15 is 0 Å². The third kappa shape index (κ3) is 2.32. The van der Waals surface area contributed by atoms with Crippen LogP contribution in [0, 0.1) is 6.92 Å². The molecule has 2 rings (SSSR count). The maximum absolute atomic E-state index is 11.9. The number of nitrogens with zero attached hydrogens (tertiary/aromatic N) is 1. The second-order valence-electron chi connectivity index (χ2n) is 5.06. The van der Waals surface area contributed by atoms with Crippen LogP contribution in [0.2, 0.25) is 0 Å². The number of carbonyl (C=O) groups excluding carboxylic acids is 1. The first-order chi connectivity index (χ1) is 9.00. The van der Waals surface area contributed by atoms with E-state index < -0.39 is 5.60 Å².